The Labute approximate surface area is 216 Å². The van der Waals surface area contributed by atoms with Crippen molar-refractivity contribution < 1.29 is 13.9 Å². The average molecular weight is 499 g/mol. The summed E-state index contributed by atoms with van der Waals surface area (Å²) in [5.74, 6) is 0.0113. The number of rotatable bonds is 7. The van der Waals surface area contributed by atoms with Crippen LogP contribution in [0.4, 0.5) is 4.39 Å². The molecule has 1 aliphatic carbocycles. The van der Waals surface area contributed by atoms with Crippen LogP contribution in [0.2, 0.25) is 0 Å². The van der Waals surface area contributed by atoms with Crippen molar-refractivity contribution in [3.63, 3.8) is 0 Å². The minimum Gasteiger partial charge on any atom is -0.442 e. The fourth-order valence-electron chi connectivity index (χ4n) is 4.52. The molecule has 0 fully saturated rings. The fraction of sp³-hybridized carbons (Fsp3) is 0.300. The molecule has 0 unspecified atom stereocenters. The average Bonchev–Trinajstić information content (AvgIpc) is 3.53. The molecule has 0 saturated heterocycles. The van der Waals surface area contributed by atoms with Crippen molar-refractivity contribution in [1.82, 2.24) is 20.1 Å². The molecule has 4 aromatic rings. The van der Waals surface area contributed by atoms with Gasteiger partial charge in [-0.25, -0.2) is 14.1 Å². The van der Waals surface area contributed by atoms with Gasteiger partial charge in [-0.3, -0.25) is 4.79 Å². The lowest BCUT2D eigenvalue weighted by Crippen LogP contribution is -2.29. The maximum Gasteiger partial charge on any atom is 0.313 e. The maximum absolute atomic E-state index is 14.7. The van der Waals surface area contributed by atoms with E-state index < -0.39 is 5.41 Å². The molecule has 3 aromatic carbocycles. The van der Waals surface area contributed by atoms with Crippen LogP contribution in [0.5, 0.6) is 0 Å². The number of hydrogen-bond donors (Lipinski definition) is 1. The summed E-state index contributed by atoms with van der Waals surface area (Å²) in [6.07, 6.45) is 3.48. The smallest absolute Gasteiger partial charge is 0.313 e. The molecule has 0 atom stereocenters. The van der Waals surface area contributed by atoms with E-state index in [0.717, 1.165) is 29.5 Å². The Hall–Kier alpha value is -3.84. The van der Waals surface area contributed by atoms with Gasteiger partial charge in [-0.05, 0) is 74.1 Å². The molecule has 0 amide bonds. The normalized spacial score (nSPS) is 13.5. The van der Waals surface area contributed by atoms with Crippen LogP contribution in [0.3, 0.4) is 0 Å². The molecule has 5 rings (SSSR count). The Morgan fingerprint density at radius 3 is 2.43 bits per heavy atom. The first-order valence-corrected chi connectivity index (χ1v) is 12.5. The molecule has 1 heterocycles. The topological polar surface area (TPSA) is 69.0 Å². The third kappa shape index (κ3) is 5.78. The summed E-state index contributed by atoms with van der Waals surface area (Å²) >= 11 is 0. The van der Waals surface area contributed by atoms with Crippen molar-refractivity contribution >= 4 is 5.97 Å². The Kier molecular flexibility index (Phi) is 6.89. The summed E-state index contributed by atoms with van der Waals surface area (Å²) < 4.78 is 21.5. The van der Waals surface area contributed by atoms with Gasteiger partial charge >= 0.3 is 5.97 Å². The zero-order valence-corrected chi connectivity index (χ0v) is 21.4. The van der Waals surface area contributed by atoms with Crippen molar-refractivity contribution in [1.29, 1.82) is 0 Å². The zero-order valence-electron chi connectivity index (χ0n) is 21.4. The van der Waals surface area contributed by atoms with Gasteiger partial charge < -0.3 is 10.1 Å². The number of halogens is 1. The van der Waals surface area contributed by atoms with E-state index >= 15 is 0 Å². The highest BCUT2D eigenvalue weighted by atomic mass is 19.1. The molecular formula is C30H31FN4O2. The predicted octanol–water partition coefficient (Wildman–Crippen LogP) is 5.56. The van der Waals surface area contributed by atoms with Gasteiger partial charge in [0, 0.05) is 23.7 Å². The van der Waals surface area contributed by atoms with Crippen LogP contribution in [0.25, 0.3) is 22.5 Å². The molecule has 0 saturated carbocycles. The lowest BCUT2D eigenvalue weighted by molar-refractivity contribution is -0.157. The SMILES string of the molecule is CC(C)(C)C(=O)OCn1cnc(-c2cccc(-c3ccc(F)c(CNC4Cc5ccccc5C4)c3)c2)n1. The van der Waals surface area contributed by atoms with E-state index in [-0.39, 0.29) is 18.5 Å². The molecule has 1 aliphatic rings. The van der Waals surface area contributed by atoms with E-state index in [0.29, 0.717) is 24.0 Å². The molecular weight excluding hydrogens is 467 g/mol. The highest BCUT2D eigenvalue weighted by Crippen LogP contribution is 2.27. The number of esters is 1. The van der Waals surface area contributed by atoms with Gasteiger partial charge in [-0.1, -0.05) is 48.5 Å². The van der Waals surface area contributed by atoms with Crippen LogP contribution in [-0.2, 0) is 35.6 Å². The molecule has 0 spiro atoms. The molecule has 7 heteroatoms. The first kappa shape index (κ1) is 24.8. The van der Waals surface area contributed by atoms with Gasteiger partial charge in [0.1, 0.15) is 12.1 Å². The lowest BCUT2D eigenvalue weighted by Gasteiger charge is -2.16. The van der Waals surface area contributed by atoms with Crippen molar-refractivity contribution in [3.8, 4) is 22.5 Å². The Balaban J connectivity index is 1.27. The van der Waals surface area contributed by atoms with Gasteiger partial charge in [0.25, 0.3) is 0 Å². The molecule has 1 N–H and O–H groups in total. The quantitative estimate of drug-likeness (QED) is 0.338. The van der Waals surface area contributed by atoms with Gasteiger partial charge in [-0.15, -0.1) is 5.10 Å². The summed E-state index contributed by atoms with van der Waals surface area (Å²) in [6, 6.07) is 21.8. The second-order valence-electron chi connectivity index (χ2n) is 10.6. The van der Waals surface area contributed by atoms with Crippen LogP contribution in [-0.4, -0.2) is 26.8 Å². The summed E-state index contributed by atoms with van der Waals surface area (Å²) in [5, 5.41) is 7.98. The number of hydrogen-bond acceptors (Lipinski definition) is 5. The van der Waals surface area contributed by atoms with E-state index in [1.165, 1.54) is 21.9 Å². The predicted molar refractivity (Wildman–Crippen MR) is 141 cm³/mol. The van der Waals surface area contributed by atoms with Crippen LogP contribution in [0.1, 0.15) is 37.5 Å². The molecule has 0 aliphatic heterocycles. The third-order valence-electron chi connectivity index (χ3n) is 6.61. The summed E-state index contributed by atoms with van der Waals surface area (Å²) in [5.41, 5.74) is 5.50. The minimum atomic E-state index is -0.580. The van der Waals surface area contributed by atoms with E-state index in [1.807, 2.05) is 30.3 Å². The first-order valence-electron chi connectivity index (χ1n) is 12.5. The number of carbonyl (C=O) groups is 1. The zero-order chi connectivity index (χ0) is 26.0. The Morgan fingerprint density at radius 1 is 1.00 bits per heavy atom. The number of ether oxygens (including phenoxy) is 1. The van der Waals surface area contributed by atoms with E-state index in [2.05, 4.69) is 39.7 Å². The molecule has 190 valence electrons. The number of fused-ring (bicyclic) bond motifs is 1. The Morgan fingerprint density at radius 2 is 1.70 bits per heavy atom. The number of nitrogens with zero attached hydrogens (tertiary/aromatic N) is 3. The molecule has 6 nitrogen and oxygen atoms in total. The number of benzene rings is 3. The number of aromatic nitrogens is 3. The van der Waals surface area contributed by atoms with Crippen molar-refractivity contribution in [2.24, 2.45) is 5.41 Å². The summed E-state index contributed by atoms with van der Waals surface area (Å²) in [6.45, 7) is 5.88. The standard InChI is InChI=1S/C30H31FN4O2/c1-30(2,3)29(36)37-19-35-18-33-28(34-35)24-10-6-9-20(13-24)23-11-12-27(31)25(14-23)17-32-26-15-21-7-4-5-8-22(21)16-26/h4-14,18,26,32H,15-17,19H2,1-3H3. The Bertz CT molecular complexity index is 1400. The highest BCUT2D eigenvalue weighted by Gasteiger charge is 2.23. The fourth-order valence-corrected chi connectivity index (χ4v) is 4.52. The summed E-state index contributed by atoms with van der Waals surface area (Å²) in [7, 11) is 0. The monoisotopic (exact) mass is 498 g/mol. The van der Waals surface area contributed by atoms with Gasteiger partial charge in [-0.2, -0.15) is 0 Å². The second-order valence-corrected chi connectivity index (χ2v) is 10.6. The largest absolute Gasteiger partial charge is 0.442 e. The van der Waals surface area contributed by atoms with E-state index in [1.54, 1.807) is 33.2 Å². The van der Waals surface area contributed by atoms with Gasteiger partial charge in [0.2, 0.25) is 0 Å². The molecule has 37 heavy (non-hydrogen) atoms. The highest BCUT2D eigenvalue weighted by molar-refractivity contribution is 5.75. The van der Waals surface area contributed by atoms with Crippen LogP contribution < -0.4 is 5.32 Å². The first-order chi connectivity index (χ1) is 17.8. The number of nitrogens with one attached hydrogen (secondary N) is 1. The van der Waals surface area contributed by atoms with Gasteiger partial charge in [0.05, 0.1) is 5.41 Å². The minimum absolute atomic E-state index is 0.00317. The molecule has 0 radical (unpaired) electrons. The molecule has 1 aromatic heterocycles. The van der Waals surface area contributed by atoms with E-state index in [4.69, 9.17) is 4.74 Å². The maximum atomic E-state index is 14.7. The van der Waals surface area contributed by atoms with Crippen LogP contribution in [0, 0.1) is 11.2 Å². The van der Waals surface area contributed by atoms with Crippen LogP contribution >= 0.6 is 0 Å². The second kappa shape index (κ2) is 10.3. The third-order valence-corrected chi connectivity index (χ3v) is 6.61. The van der Waals surface area contributed by atoms with Crippen molar-refractivity contribution in [2.45, 2.75) is 52.9 Å². The lowest BCUT2D eigenvalue weighted by atomic mass is 9.98. The summed E-state index contributed by atoms with van der Waals surface area (Å²) in [4.78, 5) is 16.4. The van der Waals surface area contributed by atoms with Gasteiger partial charge in [0.15, 0.2) is 12.6 Å². The van der Waals surface area contributed by atoms with Crippen molar-refractivity contribution in [3.05, 3.63) is 95.6 Å². The number of carbonyl (C=O) groups excluding carboxylic acids is 1. The van der Waals surface area contributed by atoms with Crippen molar-refractivity contribution in [2.75, 3.05) is 0 Å². The van der Waals surface area contributed by atoms with E-state index in [9.17, 15) is 9.18 Å². The van der Waals surface area contributed by atoms with Crippen LogP contribution in [0.15, 0.2) is 73.1 Å². The molecule has 0 bridgehead atoms.